The maximum Gasteiger partial charge on any atom is 0.224 e. The van der Waals surface area contributed by atoms with Crippen molar-refractivity contribution >= 4 is 22.9 Å². The van der Waals surface area contributed by atoms with Crippen molar-refractivity contribution in [3.8, 4) is 5.75 Å². The summed E-state index contributed by atoms with van der Waals surface area (Å²) in [6, 6.07) is 8.33. The molecule has 1 amide bonds. The third-order valence-electron chi connectivity index (χ3n) is 5.21. The van der Waals surface area contributed by atoms with Crippen LogP contribution in [0.5, 0.6) is 5.75 Å². The van der Waals surface area contributed by atoms with Crippen molar-refractivity contribution in [1.82, 2.24) is 0 Å². The first kappa shape index (κ1) is 17.3. The third-order valence-corrected chi connectivity index (χ3v) is 6.17. The number of unbranched alkanes of at least 4 members (excludes halogenated alkanes) is 1. The number of allylic oxidation sites excluding steroid dienone is 2. The molecule has 1 aromatic heterocycles. The van der Waals surface area contributed by atoms with Crippen LogP contribution in [-0.4, -0.2) is 12.5 Å². The van der Waals surface area contributed by atoms with E-state index in [4.69, 9.17) is 4.74 Å². The molecule has 0 radical (unpaired) electrons. The summed E-state index contributed by atoms with van der Waals surface area (Å²) in [5.74, 6) is 0.947. The molecule has 1 aliphatic carbocycles. The number of ether oxygens (including phenoxy) is 1. The van der Waals surface area contributed by atoms with E-state index in [0.29, 0.717) is 6.42 Å². The number of anilines is 1. The first-order valence-electron chi connectivity index (χ1n) is 9.57. The molecule has 0 unspecified atom stereocenters. The number of hydrogen-bond donors (Lipinski definition) is 1. The van der Waals surface area contributed by atoms with Gasteiger partial charge in [0, 0.05) is 29.5 Å². The predicted molar refractivity (Wildman–Crippen MR) is 107 cm³/mol. The lowest BCUT2D eigenvalue weighted by molar-refractivity contribution is -0.116. The van der Waals surface area contributed by atoms with Gasteiger partial charge < -0.3 is 10.1 Å². The largest absolute Gasteiger partial charge is 0.494 e. The number of amides is 1. The number of rotatable bonds is 6. The van der Waals surface area contributed by atoms with Crippen molar-refractivity contribution in [2.75, 3.05) is 11.9 Å². The Bertz CT molecular complexity index is 821. The van der Waals surface area contributed by atoms with E-state index in [2.05, 4.69) is 28.9 Å². The molecule has 1 N–H and O–H groups in total. The minimum Gasteiger partial charge on any atom is -0.494 e. The van der Waals surface area contributed by atoms with E-state index in [1.165, 1.54) is 24.8 Å². The average molecular weight is 368 g/mol. The van der Waals surface area contributed by atoms with Crippen LogP contribution in [0.4, 0.5) is 5.69 Å². The number of carbonyl (C=O) groups is 1. The highest BCUT2D eigenvalue weighted by Gasteiger charge is 2.15. The summed E-state index contributed by atoms with van der Waals surface area (Å²) in [7, 11) is 0. The number of benzene rings is 1. The van der Waals surface area contributed by atoms with E-state index >= 15 is 0 Å². The Kier molecular flexibility index (Phi) is 5.40. The van der Waals surface area contributed by atoms with Gasteiger partial charge in [-0.3, -0.25) is 4.79 Å². The van der Waals surface area contributed by atoms with Crippen molar-refractivity contribution in [2.24, 2.45) is 0 Å². The van der Waals surface area contributed by atoms with Crippen LogP contribution in [0, 0.1) is 0 Å². The van der Waals surface area contributed by atoms with E-state index < -0.39 is 0 Å². The number of hydrogen-bond acceptors (Lipinski definition) is 3. The second-order valence-electron chi connectivity index (χ2n) is 7.12. The number of nitrogens with one attached hydrogen (secondary N) is 1. The number of carbonyl (C=O) groups excluding carboxylic acids is 1. The van der Waals surface area contributed by atoms with E-state index in [-0.39, 0.29) is 5.91 Å². The molecule has 2 aliphatic rings. The van der Waals surface area contributed by atoms with Gasteiger partial charge in [-0.15, -0.1) is 11.3 Å². The van der Waals surface area contributed by atoms with Gasteiger partial charge >= 0.3 is 0 Å². The molecule has 0 bridgehead atoms. The first-order valence-corrected chi connectivity index (χ1v) is 10.4. The lowest BCUT2D eigenvalue weighted by atomic mass is 10.0. The Morgan fingerprint density at radius 3 is 3.00 bits per heavy atom. The second kappa shape index (κ2) is 8.09. The summed E-state index contributed by atoms with van der Waals surface area (Å²) < 4.78 is 5.90. The molecule has 0 atom stereocenters. The van der Waals surface area contributed by atoms with Gasteiger partial charge in [-0.2, -0.15) is 0 Å². The summed E-state index contributed by atoms with van der Waals surface area (Å²) in [5.41, 5.74) is 5.24. The van der Waals surface area contributed by atoms with Gasteiger partial charge in [-0.05, 0) is 67.2 Å². The van der Waals surface area contributed by atoms with Crippen LogP contribution in [0.15, 0.2) is 41.3 Å². The van der Waals surface area contributed by atoms with Crippen LogP contribution in [0.1, 0.15) is 48.1 Å². The number of aryl methyl sites for hydroxylation is 2. The van der Waals surface area contributed by atoms with Crippen molar-refractivity contribution in [2.45, 2.75) is 51.4 Å². The lowest BCUT2D eigenvalue weighted by Crippen LogP contribution is -2.18. The Balaban J connectivity index is 1.22. The molecular weight excluding hydrogens is 342 g/mol. The second-order valence-corrected chi connectivity index (χ2v) is 8.12. The molecule has 1 aromatic carbocycles. The van der Waals surface area contributed by atoms with Crippen LogP contribution in [0.3, 0.4) is 0 Å². The summed E-state index contributed by atoms with van der Waals surface area (Å²) in [6.07, 6.45) is 10.7. The minimum atomic E-state index is 0.0974. The Labute approximate surface area is 159 Å². The van der Waals surface area contributed by atoms with Gasteiger partial charge in [0.2, 0.25) is 5.91 Å². The molecular formula is C22H25NO2S. The van der Waals surface area contributed by atoms with Crippen molar-refractivity contribution in [3.05, 3.63) is 57.3 Å². The van der Waals surface area contributed by atoms with Crippen LogP contribution in [-0.2, 0) is 24.1 Å². The van der Waals surface area contributed by atoms with Gasteiger partial charge in [0.05, 0.1) is 6.61 Å². The molecule has 0 spiro atoms. The molecule has 1 aliphatic heterocycles. The first-order chi connectivity index (χ1) is 12.8. The molecule has 136 valence electrons. The zero-order chi connectivity index (χ0) is 17.8. The zero-order valence-electron chi connectivity index (χ0n) is 15.1. The summed E-state index contributed by atoms with van der Waals surface area (Å²) in [5, 5.41) is 5.16. The third kappa shape index (κ3) is 4.18. The van der Waals surface area contributed by atoms with Crippen LogP contribution in [0.25, 0.3) is 0 Å². The normalized spacial score (nSPS) is 16.2. The van der Waals surface area contributed by atoms with Gasteiger partial charge in [0.15, 0.2) is 0 Å². The van der Waals surface area contributed by atoms with Crippen LogP contribution < -0.4 is 10.1 Å². The molecule has 2 aromatic rings. The average Bonchev–Trinajstić information content (AvgIpc) is 2.99. The number of thiophene rings is 1. The van der Waals surface area contributed by atoms with Crippen LogP contribution >= 0.6 is 11.3 Å². The Morgan fingerprint density at radius 2 is 2.04 bits per heavy atom. The summed E-state index contributed by atoms with van der Waals surface area (Å²) in [4.78, 5) is 13.1. The van der Waals surface area contributed by atoms with Crippen LogP contribution in [0.2, 0.25) is 0 Å². The maximum absolute atomic E-state index is 11.5. The molecule has 4 rings (SSSR count). The molecule has 3 nitrogen and oxygen atoms in total. The van der Waals surface area contributed by atoms with Gasteiger partial charge in [0.25, 0.3) is 0 Å². The lowest BCUT2D eigenvalue weighted by Gasteiger charge is -2.17. The van der Waals surface area contributed by atoms with E-state index in [1.807, 2.05) is 23.5 Å². The van der Waals surface area contributed by atoms with Gasteiger partial charge in [-0.25, -0.2) is 0 Å². The smallest absolute Gasteiger partial charge is 0.224 e. The fraction of sp³-hybridized carbons (Fsp3) is 0.409. The highest BCUT2D eigenvalue weighted by molar-refractivity contribution is 7.10. The molecule has 0 saturated heterocycles. The maximum atomic E-state index is 11.5. The summed E-state index contributed by atoms with van der Waals surface area (Å²) in [6.45, 7) is 0.726. The topological polar surface area (TPSA) is 38.3 Å². The molecule has 26 heavy (non-hydrogen) atoms. The standard InChI is InChI=1S/C22H25NO2S/c24-22-10-8-17-7-9-19(15-20(17)23-22)25-12-2-1-4-16-5-3-6-18-11-13-26-21(18)14-16/h5,7,9,11,13,15H,1-4,6,8,10,12,14H2,(H,23,24). The molecule has 0 saturated carbocycles. The van der Waals surface area contributed by atoms with E-state index in [0.717, 1.165) is 43.7 Å². The van der Waals surface area contributed by atoms with E-state index in [1.54, 1.807) is 16.0 Å². The molecule has 4 heteroatoms. The predicted octanol–water partition coefficient (Wildman–Crippen LogP) is 5.30. The molecule has 0 fully saturated rings. The molecule has 2 heterocycles. The van der Waals surface area contributed by atoms with Crippen molar-refractivity contribution < 1.29 is 9.53 Å². The zero-order valence-corrected chi connectivity index (χ0v) is 15.9. The van der Waals surface area contributed by atoms with Crippen molar-refractivity contribution in [1.29, 1.82) is 0 Å². The monoisotopic (exact) mass is 367 g/mol. The van der Waals surface area contributed by atoms with Gasteiger partial charge in [0.1, 0.15) is 5.75 Å². The summed E-state index contributed by atoms with van der Waals surface area (Å²) >= 11 is 1.90. The quantitative estimate of drug-likeness (QED) is 0.556. The van der Waals surface area contributed by atoms with E-state index in [9.17, 15) is 4.79 Å². The minimum absolute atomic E-state index is 0.0974. The highest BCUT2D eigenvalue weighted by atomic mass is 32.1. The Hall–Kier alpha value is -2.07. The fourth-order valence-electron chi connectivity index (χ4n) is 3.73. The Morgan fingerprint density at radius 1 is 1.08 bits per heavy atom. The van der Waals surface area contributed by atoms with Crippen molar-refractivity contribution in [3.63, 3.8) is 0 Å². The fourth-order valence-corrected chi connectivity index (χ4v) is 4.72. The SMILES string of the molecule is O=C1CCc2ccc(OCCCCC3=CCCc4ccsc4C3)cc2N1. The van der Waals surface area contributed by atoms with Gasteiger partial charge in [-0.1, -0.05) is 17.7 Å². The number of fused-ring (bicyclic) bond motifs is 2. The highest BCUT2D eigenvalue weighted by Crippen LogP contribution is 2.28.